The summed E-state index contributed by atoms with van der Waals surface area (Å²) in [6, 6.07) is 12.0. The van der Waals surface area contributed by atoms with Crippen LogP contribution in [0.2, 0.25) is 0 Å². The molecular weight excluding hydrogens is 444 g/mol. The summed E-state index contributed by atoms with van der Waals surface area (Å²) < 4.78 is 3.34. The van der Waals surface area contributed by atoms with Gasteiger partial charge >= 0.3 is 0 Å². The minimum absolute atomic E-state index is 0.0882. The number of rotatable bonds is 4. The lowest BCUT2D eigenvalue weighted by atomic mass is 10.0. The van der Waals surface area contributed by atoms with Crippen LogP contribution in [-0.4, -0.2) is 59.3 Å². The minimum atomic E-state index is -0.105. The van der Waals surface area contributed by atoms with Gasteiger partial charge in [-0.1, -0.05) is 6.07 Å². The van der Waals surface area contributed by atoms with Crippen molar-refractivity contribution >= 4 is 22.5 Å². The Labute approximate surface area is 202 Å². The Balaban J connectivity index is 1.45. The van der Waals surface area contributed by atoms with Gasteiger partial charge < -0.3 is 10.0 Å². The van der Waals surface area contributed by atoms with Gasteiger partial charge in [-0.15, -0.1) is 0 Å². The van der Waals surface area contributed by atoms with Crippen LogP contribution in [0.5, 0.6) is 5.88 Å². The Morgan fingerprint density at radius 3 is 2.74 bits per heavy atom. The lowest BCUT2D eigenvalue weighted by molar-refractivity contribution is 0.119. The fraction of sp³-hybridized carbons (Fsp3) is 0.400. The van der Waals surface area contributed by atoms with Gasteiger partial charge in [0.1, 0.15) is 11.5 Å². The van der Waals surface area contributed by atoms with E-state index in [1.165, 1.54) is 6.20 Å². The summed E-state index contributed by atoms with van der Waals surface area (Å²) in [4.78, 5) is 25.9. The first-order valence-corrected chi connectivity index (χ1v) is 11.7. The second-order valence-electron chi connectivity index (χ2n) is 9.34. The van der Waals surface area contributed by atoms with E-state index >= 15 is 0 Å². The molecular formula is C25H28N8O2. The maximum atomic E-state index is 12.7. The van der Waals surface area contributed by atoms with E-state index in [9.17, 15) is 9.90 Å². The second-order valence-corrected chi connectivity index (χ2v) is 9.34. The summed E-state index contributed by atoms with van der Waals surface area (Å²) in [6.07, 6.45) is 1.55. The standard InChI is InChI=1S/C25H28N8O2/c1-15-14-32(24-11-25(35)30(4)23-10-19(7-8-26)29-33(23)24)16(2)13-31(15)17(3)18-5-6-20-21(9-18)28-22(34)12-27-20/h5-6,9-12,15-17H,7,13-14H2,1-4H3,(H,28,34)/t15-,16+,17?/m1/s1. The SMILES string of the molecule is CC(c1ccc2ncc(O)nc2c1)N1C[C@H](C)N(c2cc(=O)n(C)c3cc(CC#N)nn23)C[C@H]1C. The van der Waals surface area contributed by atoms with Gasteiger partial charge in [-0.05, 0) is 38.5 Å². The Kier molecular flexibility index (Phi) is 5.65. The number of piperazine rings is 1. The molecule has 3 aromatic heterocycles. The van der Waals surface area contributed by atoms with Crippen molar-refractivity contribution in [1.82, 2.24) is 29.0 Å². The van der Waals surface area contributed by atoms with E-state index in [1.807, 2.05) is 12.1 Å². The van der Waals surface area contributed by atoms with Crippen LogP contribution in [0.15, 0.2) is 41.3 Å². The summed E-state index contributed by atoms with van der Waals surface area (Å²) in [7, 11) is 1.72. The fourth-order valence-electron chi connectivity index (χ4n) is 5.06. The van der Waals surface area contributed by atoms with Crippen LogP contribution in [-0.2, 0) is 13.5 Å². The highest BCUT2D eigenvalue weighted by atomic mass is 16.3. The number of nitriles is 1. The molecule has 0 saturated carbocycles. The fourth-order valence-corrected chi connectivity index (χ4v) is 5.06. The lowest BCUT2D eigenvalue weighted by Crippen LogP contribution is -2.57. The van der Waals surface area contributed by atoms with Crippen molar-refractivity contribution in [2.24, 2.45) is 7.05 Å². The summed E-state index contributed by atoms with van der Waals surface area (Å²) in [5, 5.41) is 23.5. The molecule has 1 aliphatic rings. The number of benzene rings is 1. The maximum absolute atomic E-state index is 12.7. The van der Waals surface area contributed by atoms with E-state index in [0.29, 0.717) is 16.9 Å². The number of nitrogens with zero attached hydrogens (tertiary/aromatic N) is 8. The minimum Gasteiger partial charge on any atom is -0.492 e. The third-order valence-electron chi connectivity index (χ3n) is 7.01. The molecule has 10 heteroatoms. The first kappa shape index (κ1) is 22.8. The number of aryl methyl sites for hydroxylation is 1. The molecule has 1 aliphatic heterocycles. The molecule has 1 aromatic carbocycles. The zero-order valence-corrected chi connectivity index (χ0v) is 20.3. The second kappa shape index (κ2) is 8.67. The van der Waals surface area contributed by atoms with Gasteiger partial charge in [-0.3, -0.25) is 14.3 Å². The predicted molar refractivity (Wildman–Crippen MR) is 132 cm³/mol. The maximum Gasteiger partial charge on any atom is 0.255 e. The Morgan fingerprint density at radius 2 is 1.97 bits per heavy atom. The van der Waals surface area contributed by atoms with E-state index in [0.717, 1.165) is 30.0 Å². The highest BCUT2D eigenvalue weighted by molar-refractivity contribution is 5.75. The number of hydrogen-bond donors (Lipinski definition) is 1. The third kappa shape index (κ3) is 3.98. The molecule has 35 heavy (non-hydrogen) atoms. The monoisotopic (exact) mass is 472 g/mol. The largest absolute Gasteiger partial charge is 0.492 e. The Bertz CT molecular complexity index is 1520. The number of anilines is 1. The Hall–Kier alpha value is -3.97. The summed E-state index contributed by atoms with van der Waals surface area (Å²) in [5.41, 5.74) is 3.74. The van der Waals surface area contributed by atoms with Crippen molar-refractivity contribution in [3.8, 4) is 11.9 Å². The summed E-state index contributed by atoms with van der Waals surface area (Å²) in [6.45, 7) is 8.02. The van der Waals surface area contributed by atoms with E-state index in [4.69, 9.17) is 5.26 Å². The van der Waals surface area contributed by atoms with Gasteiger partial charge in [0.05, 0.1) is 35.4 Å². The van der Waals surface area contributed by atoms with Gasteiger partial charge in [0.15, 0.2) is 0 Å². The molecule has 4 heterocycles. The average molecular weight is 473 g/mol. The van der Waals surface area contributed by atoms with Gasteiger partial charge in [-0.25, -0.2) is 14.5 Å². The van der Waals surface area contributed by atoms with Gasteiger partial charge in [0.2, 0.25) is 5.88 Å². The van der Waals surface area contributed by atoms with Crippen LogP contribution in [0.4, 0.5) is 5.82 Å². The number of aromatic nitrogens is 5. The van der Waals surface area contributed by atoms with E-state index in [-0.39, 0.29) is 36.0 Å². The van der Waals surface area contributed by atoms with Gasteiger partial charge in [-0.2, -0.15) is 10.4 Å². The number of hydrogen-bond acceptors (Lipinski definition) is 8. The summed E-state index contributed by atoms with van der Waals surface area (Å²) in [5.74, 6) is 0.658. The van der Waals surface area contributed by atoms with Crippen molar-refractivity contribution in [2.45, 2.75) is 45.3 Å². The molecule has 1 fully saturated rings. The highest BCUT2D eigenvalue weighted by Crippen LogP contribution is 2.31. The van der Waals surface area contributed by atoms with Gasteiger partial charge in [0.25, 0.3) is 5.56 Å². The van der Waals surface area contributed by atoms with Crippen LogP contribution in [0.3, 0.4) is 0 Å². The topological polar surface area (TPSA) is 116 Å². The van der Waals surface area contributed by atoms with Crippen LogP contribution in [0, 0.1) is 11.3 Å². The molecule has 1 saturated heterocycles. The number of aromatic hydroxyl groups is 1. The molecule has 0 amide bonds. The molecule has 3 atom stereocenters. The molecule has 1 N–H and O–H groups in total. The molecule has 4 aromatic rings. The molecule has 0 aliphatic carbocycles. The quantitative estimate of drug-likeness (QED) is 0.481. The zero-order valence-electron chi connectivity index (χ0n) is 20.3. The molecule has 5 rings (SSSR count). The van der Waals surface area contributed by atoms with E-state index < -0.39 is 0 Å². The van der Waals surface area contributed by atoms with Gasteiger partial charge in [0, 0.05) is 50.4 Å². The van der Waals surface area contributed by atoms with E-state index in [2.05, 4.69) is 57.8 Å². The first-order chi connectivity index (χ1) is 16.8. The summed E-state index contributed by atoms with van der Waals surface area (Å²) >= 11 is 0. The van der Waals surface area contributed by atoms with Crippen molar-refractivity contribution in [3.63, 3.8) is 0 Å². The Morgan fingerprint density at radius 1 is 1.17 bits per heavy atom. The third-order valence-corrected chi connectivity index (χ3v) is 7.01. The van der Waals surface area contributed by atoms with Crippen molar-refractivity contribution in [3.05, 3.63) is 58.1 Å². The molecule has 0 radical (unpaired) electrons. The average Bonchev–Trinajstić information content (AvgIpc) is 3.26. The smallest absolute Gasteiger partial charge is 0.255 e. The van der Waals surface area contributed by atoms with Crippen molar-refractivity contribution < 1.29 is 5.11 Å². The molecule has 10 nitrogen and oxygen atoms in total. The van der Waals surface area contributed by atoms with Crippen molar-refractivity contribution in [1.29, 1.82) is 5.26 Å². The predicted octanol–water partition coefficient (Wildman–Crippen LogP) is 2.41. The van der Waals surface area contributed by atoms with Crippen molar-refractivity contribution in [2.75, 3.05) is 18.0 Å². The van der Waals surface area contributed by atoms with Crippen LogP contribution >= 0.6 is 0 Å². The highest BCUT2D eigenvalue weighted by Gasteiger charge is 2.34. The molecule has 0 spiro atoms. The van der Waals surface area contributed by atoms with Crippen LogP contribution in [0.1, 0.15) is 38.1 Å². The van der Waals surface area contributed by atoms with Crippen LogP contribution in [0.25, 0.3) is 16.7 Å². The van der Waals surface area contributed by atoms with Crippen LogP contribution < -0.4 is 10.5 Å². The molecule has 180 valence electrons. The molecule has 1 unspecified atom stereocenters. The normalized spacial score (nSPS) is 19.8. The lowest BCUT2D eigenvalue weighted by Gasteiger charge is -2.47. The molecule has 0 bridgehead atoms. The zero-order chi connectivity index (χ0) is 24.9. The number of fused-ring (bicyclic) bond motifs is 2. The van der Waals surface area contributed by atoms with E-state index in [1.54, 1.807) is 28.3 Å². The first-order valence-electron chi connectivity index (χ1n) is 11.7.